The van der Waals surface area contributed by atoms with Crippen molar-refractivity contribution in [3.8, 4) is 0 Å². The van der Waals surface area contributed by atoms with Gasteiger partial charge < -0.3 is 5.32 Å². The van der Waals surface area contributed by atoms with E-state index in [1.807, 2.05) is 0 Å². The molecule has 1 N–H and O–H groups in total. The molecule has 1 nitrogen and oxygen atoms in total. The maximum absolute atomic E-state index is 3.71. The van der Waals surface area contributed by atoms with Crippen molar-refractivity contribution >= 4 is 0 Å². The fourth-order valence-corrected chi connectivity index (χ4v) is 1.91. The first-order chi connectivity index (χ1) is 7.64. The lowest BCUT2D eigenvalue weighted by molar-refractivity contribution is 0.288. The Morgan fingerprint density at radius 2 is 1.24 bits per heavy atom. The Labute approximate surface area is 110 Å². The zero-order chi connectivity index (χ0) is 13.5. The third-order valence-electron chi connectivity index (χ3n) is 3.17. The monoisotopic (exact) mass is 241 g/mol. The molecule has 0 aliphatic rings. The van der Waals surface area contributed by atoms with E-state index in [9.17, 15) is 0 Å². The molecule has 0 aliphatic heterocycles. The Morgan fingerprint density at radius 1 is 0.824 bits per heavy atom. The number of hydrogen-bond donors (Lipinski definition) is 1. The van der Waals surface area contributed by atoms with Crippen molar-refractivity contribution in [2.75, 3.05) is 6.54 Å². The van der Waals surface area contributed by atoms with E-state index in [0.29, 0.717) is 16.9 Å². The maximum Gasteiger partial charge on any atom is 0.00674 e. The lowest BCUT2D eigenvalue weighted by Gasteiger charge is -2.27. The minimum atomic E-state index is 0.466. The van der Waals surface area contributed by atoms with Crippen LogP contribution >= 0.6 is 0 Å². The Hall–Kier alpha value is -0.0400. The molecule has 0 fully saturated rings. The molecule has 0 atom stereocenters. The van der Waals surface area contributed by atoms with E-state index in [0.717, 1.165) is 0 Å². The van der Waals surface area contributed by atoms with Crippen LogP contribution in [-0.2, 0) is 0 Å². The van der Waals surface area contributed by atoms with Crippen LogP contribution in [0.25, 0.3) is 0 Å². The van der Waals surface area contributed by atoms with Gasteiger partial charge in [0.25, 0.3) is 0 Å². The molecule has 0 saturated heterocycles. The SMILES string of the molecule is CCCNC(CCC(C)(C)C)CCC(C)(C)C. The second-order valence-electron chi connectivity index (χ2n) is 7.85. The molecule has 1 heteroatoms. The van der Waals surface area contributed by atoms with Crippen LogP contribution in [-0.4, -0.2) is 12.6 Å². The molecule has 0 bridgehead atoms. The van der Waals surface area contributed by atoms with E-state index in [2.05, 4.69) is 53.8 Å². The van der Waals surface area contributed by atoms with Crippen LogP contribution in [0.2, 0.25) is 0 Å². The summed E-state index contributed by atoms with van der Waals surface area (Å²) in [4.78, 5) is 0. The lowest BCUT2D eigenvalue weighted by atomic mass is 9.84. The molecule has 0 heterocycles. The van der Waals surface area contributed by atoms with Gasteiger partial charge in [0.05, 0.1) is 0 Å². The van der Waals surface area contributed by atoms with E-state index in [1.165, 1.54) is 38.6 Å². The third-order valence-corrected chi connectivity index (χ3v) is 3.17. The highest BCUT2D eigenvalue weighted by molar-refractivity contribution is 4.74. The molecular formula is C16H35N. The molecule has 0 aromatic heterocycles. The van der Waals surface area contributed by atoms with E-state index in [4.69, 9.17) is 0 Å². The van der Waals surface area contributed by atoms with E-state index >= 15 is 0 Å². The molecule has 0 spiro atoms. The Kier molecular flexibility index (Phi) is 7.39. The largest absolute Gasteiger partial charge is 0.314 e. The van der Waals surface area contributed by atoms with Crippen LogP contribution < -0.4 is 5.32 Å². The highest BCUT2D eigenvalue weighted by Gasteiger charge is 2.17. The van der Waals surface area contributed by atoms with Crippen molar-refractivity contribution in [2.24, 2.45) is 10.8 Å². The molecule has 0 rings (SSSR count). The van der Waals surface area contributed by atoms with Gasteiger partial charge in [-0.3, -0.25) is 0 Å². The summed E-state index contributed by atoms with van der Waals surface area (Å²) >= 11 is 0. The molecule has 0 amide bonds. The molecular weight excluding hydrogens is 206 g/mol. The summed E-state index contributed by atoms with van der Waals surface area (Å²) in [5.41, 5.74) is 0.932. The van der Waals surface area contributed by atoms with Gasteiger partial charge in [-0.25, -0.2) is 0 Å². The average Bonchev–Trinajstić information content (AvgIpc) is 2.13. The minimum Gasteiger partial charge on any atom is -0.314 e. The Morgan fingerprint density at radius 3 is 1.53 bits per heavy atom. The van der Waals surface area contributed by atoms with Gasteiger partial charge in [-0.05, 0) is 49.5 Å². The van der Waals surface area contributed by atoms with Gasteiger partial charge in [-0.15, -0.1) is 0 Å². The topological polar surface area (TPSA) is 12.0 Å². The molecule has 0 radical (unpaired) electrons. The summed E-state index contributed by atoms with van der Waals surface area (Å²) in [6.07, 6.45) is 6.51. The second-order valence-corrected chi connectivity index (χ2v) is 7.85. The summed E-state index contributed by atoms with van der Waals surface area (Å²) in [7, 11) is 0. The Balaban J connectivity index is 4.05. The molecule has 0 aliphatic carbocycles. The van der Waals surface area contributed by atoms with Crippen molar-refractivity contribution in [2.45, 2.75) is 86.6 Å². The van der Waals surface area contributed by atoms with E-state index in [1.54, 1.807) is 0 Å². The Bertz CT molecular complexity index is 165. The zero-order valence-electron chi connectivity index (χ0n) is 13.3. The highest BCUT2D eigenvalue weighted by atomic mass is 14.9. The maximum atomic E-state index is 3.71. The van der Waals surface area contributed by atoms with E-state index in [-0.39, 0.29) is 0 Å². The van der Waals surface area contributed by atoms with Crippen molar-refractivity contribution in [1.82, 2.24) is 5.32 Å². The van der Waals surface area contributed by atoms with Gasteiger partial charge in [0.2, 0.25) is 0 Å². The molecule has 0 saturated carbocycles. The predicted octanol–water partition coefficient (Wildman–Crippen LogP) is 5.01. The van der Waals surface area contributed by atoms with Crippen LogP contribution in [0.1, 0.15) is 80.6 Å². The molecule has 104 valence electrons. The van der Waals surface area contributed by atoms with Crippen LogP contribution in [0.15, 0.2) is 0 Å². The van der Waals surface area contributed by atoms with Gasteiger partial charge >= 0.3 is 0 Å². The zero-order valence-corrected chi connectivity index (χ0v) is 13.3. The van der Waals surface area contributed by atoms with Crippen molar-refractivity contribution in [3.05, 3.63) is 0 Å². The highest BCUT2D eigenvalue weighted by Crippen LogP contribution is 2.26. The smallest absolute Gasteiger partial charge is 0.00674 e. The van der Waals surface area contributed by atoms with Crippen LogP contribution in [0, 0.1) is 10.8 Å². The van der Waals surface area contributed by atoms with Crippen molar-refractivity contribution < 1.29 is 0 Å². The summed E-state index contributed by atoms with van der Waals surface area (Å²) < 4.78 is 0. The van der Waals surface area contributed by atoms with Crippen LogP contribution in [0.3, 0.4) is 0 Å². The fourth-order valence-electron chi connectivity index (χ4n) is 1.91. The van der Waals surface area contributed by atoms with Gasteiger partial charge in [0.1, 0.15) is 0 Å². The van der Waals surface area contributed by atoms with Gasteiger partial charge in [-0.2, -0.15) is 0 Å². The molecule has 17 heavy (non-hydrogen) atoms. The second kappa shape index (κ2) is 7.41. The first-order valence-corrected chi connectivity index (χ1v) is 7.37. The van der Waals surface area contributed by atoms with Gasteiger partial charge in [-0.1, -0.05) is 48.5 Å². The standard InChI is InChI=1S/C16H35N/c1-8-13-17-14(9-11-15(2,3)4)10-12-16(5,6)7/h14,17H,8-13H2,1-7H3. The number of nitrogens with one attached hydrogen (secondary N) is 1. The summed E-state index contributed by atoms with van der Waals surface area (Å²) in [6, 6.07) is 0.716. The average molecular weight is 241 g/mol. The molecule has 0 unspecified atom stereocenters. The predicted molar refractivity (Wildman–Crippen MR) is 79.5 cm³/mol. The summed E-state index contributed by atoms with van der Waals surface area (Å²) in [5.74, 6) is 0. The summed E-state index contributed by atoms with van der Waals surface area (Å²) in [5, 5.41) is 3.71. The number of rotatable bonds is 7. The first kappa shape index (κ1) is 17.0. The normalized spacial score (nSPS) is 13.4. The van der Waals surface area contributed by atoms with Gasteiger partial charge in [0.15, 0.2) is 0 Å². The fraction of sp³-hybridized carbons (Fsp3) is 1.00. The lowest BCUT2D eigenvalue weighted by Crippen LogP contribution is -2.32. The van der Waals surface area contributed by atoms with Crippen LogP contribution in [0.5, 0.6) is 0 Å². The van der Waals surface area contributed by atoms with E-state index < -0.39 is 0 Å². The van der Waals surface area contributed by atoms with Crippen LogP contribution in [0.4, 0.5) is 0 Å². The first-order valence-electron chi connectivity index (χ1n) is 7.37. The number of hydrogen-bond acceptors (Lipinski definition) is 1. The third kappa shape index (κ3) is 12.2. The summed E-state index contributed by atoms with van der Waals surface area (Å²) in [6.45, 7) is 17.5. The van der Waals surface area contributed by atoms with Crippen molar-refractivity contribution in [3.63, 3.8) is 0 Å². The minimum absolute atomic E-state index is 0.466. The molecule has 0 aromatic rings. The molecule has 0 aromatic carbocycles. The quantitative estimate of drug-likeness (QED) is 0.661. The van der Waals surface area contributed by atoms with Gasteiger partial charge in [0, 0.05) is 6.04 Å². The van der Waals surface area contributed by atoms with Crippen molar-refractivity contribution in [1.29, 1.82) is 0 Å².